The van der Waals surface area contributed by atoms with E-state index in [1.807, 2.05) is 36.2 Å². The molecular formula is C30H35Cl3N4O2. The number of halogens is 3. The lowest BCUT2D eigenvalue weighted by atomic mass is 9.88. The smallest absolute Gasteiger partial charge is 0.247 e. The summed E-state index contributed by atoms with van der Waals surface area (Å²) in [6, 6.07) is 10.9. The fourth-order valence-electron chi connectivity index (χ4n) is 5.68. The molecule has 1 atom stereocenters. The number of benzene rings is 2. The molecule has 6 nitrogen and oxygen atoms in total. The fourth-order valence-corrected chi connectivity index (χ4v) is 6.32. The van der Waals surface area contributed by atoms with Crippen molar-refractivity contribution in [2.45, 2.75) is 51.0 Å². The van der Waals surface area contributed by atoms with Crippen LogP contribution in [0.1, 0.15) is 54.3 Å². The van der Waals surface area contributed by atoms with Crippen molar-refractivity contribution >= 4 is 40.7 Å². The van der Waals surface area contributed by atoms with E-state index in [1.54, 1.807) is 23.0 Å². The van der Waals surface area contributed by atoms with Crippen LogP contribution >= 0.6 is 34.8 Å². The highest BCUT2D eigenvalue weighted by Gasteiger charge is 2.32. The maximum Gasteiger partial charge on any atom is 0.247 e. The molecule has 1 amide bonds. The first-order valence-electron chi connectivity index (χ1n) is 13.8. The molecule has 5 rings (SSSR count). The molecule has 39 heavy (non-hydrogen) atoms. The Labute approximate surface area is 245 Å². The average Bonchev–Trinajstić information content (AvgIpc) is 3.60. The minimum atomic E-state index is -0.478. The average molecular weight is 590 g/mol. The molecule has 2 aliphatic heterocycles. The van der Waals surface area contributed by atoms with Crippen molar-refractivity contribution in [2.24, 2.45) is 0 Å². The fraction of sp³-hybridized carbons (Fsp3) is 0.467. The SMILES string of the molecule is Cc1cnn([C@@H](Cc2ccc(Cl)cc2Cl)C(=O)N2CCC(c3ccc(Cl)cc3OCCN3CCCC3)CC2)c1. The molecule has 3 aromatic rings. The number of amides is 1. The van der Waals surface area contributed by atoms with Crippen LogP contribution < -0.4 is 4.74 Å². The number of carbonyl (C=O) groups excluding carboxylic acids is 1. The Morgan fingerprint density at radius 1 is 1.03 bits per heavy atom. The third kappa shape index (κ3) is 7.10. The van der Waals surface area contributed by atoms with Gasteiger partial charge in [-0.2, -0.15) is 5.10 Å². The van der Waals surface area contributed by atoms with E-state index in [0.717, 1.165) is 49.4 Å². The molecule has 0 aliphatic carbocycles. The van der Waals surface area contributed by atoms with E-state index >= 15 is 0 Å². The van der Waals surface area contributed by atoms with E-state index in [-0.39, 0.29) is 5.91 Å². The number of rotatable bonds is 9. The molecule has 2 saturated heterocycles. The largest absolute Gasteiger partial charge is 0.492 e. The zero-order valence-corrected chi connectivity index (χ0v) is 24.6. The van der Waals surface area contributed by atoms with Crippen LogP contribution in [0.15, 0.2) is 48.8 Å². The first-order valence-corrected chi connectivity index (χ1v) is 14.9. The van der Waals surface area contributed by atoms with Crippen LogP contribution in [0.5, 0.6) is 5.75 Å². The second kappa shape index (κ2) is 12.9. The van der Waals surface area contributed by atoms with E-state index in [1.165, 1.54) is 18.4 Å². The Hall–Kier alpha value is -2.25. The summed E-state index contributed by atoms with van der Waals surface area (Å²) < 4.78 is 8.02. The number of hydrogen-bond acceptors (Lipinski definition) is 4. The van der Waals surface area contributed by atoms with Crippen molar-refractivity contribution in [3.05, 3.63) is 80.6 Å². The molecule has 2 fully saturated rings. The lowest BCUT2D eigenvalue weighted by Crippen LogP contribution is -2.43. The van der Waals surface area contributed by atoms with E-state index in [0.29, 0.717) is 47.1 Å². The highest BCUT2D eigenvalue weighted by atomic mass is 35.5. The van der Waals surface area contributed by atoms with Crippen molar-refractivity contribution in [3.8, 4) is 5.75 Å². The number of aromatic nitrogens is 2. The first-order chi connectivity index (χ1) is 18.9. The van der Waals surface area contributed by atoms with Gasteiger partial charge in [0.1, 0.15) is 18.4 Å². The maximum absolute atomic E-state index is 13.9. The van der Waals surface area contributed by atoms with Crippen molar-refractivity contribution in [1.29, 1.82) is 0 Å². The molecule has 0 saturated carbocycles. The van der Waals surface area contributed by atoms with E-state index < -0.39 is 6.04 Å². The molecule has 2 aromatic carbocycles. The van der Waals surface area contributed by atoms with Gasteiger partial charge in [0.25, 0.3) is 0 Å². The van der Waals surface area contributed by atoms with Crippen LogP contribution in [-0.4, -0.2) is 64.8 Å². The minimum Gasteiger partial charge on any atom is -0.492 e. The van der Waals surface area contributed by atoms with Crippen molar-refractivity contribution in [2.75, 3.05) is 39.3 Å². The summed E-state index contributed by atoms with van der Waals surface area (Å²) in [7, 11) is 0. The summed E-state index contributed by atoms with van der Waals surface area (Å²) in [4.78, 5) is 18.3. The zero-order chi connectivity index (χ0) is 27.4. The van der Waals surface area contributed by atoms with Gasteiger partial charge in [-0.05, 0) is 92.6 Å². The van der Waals surface area contributed by atoms with Gasteiger partial charge in [0.15, 0.2) is 0 Å². The first kappa shape index (κ1) is 28.3. The molecule has 0 bridgehead atoms. The number of hydrogen-bond donors (Lipinski definition) is 0. The third-order valence-electron chi connectivity index (χ3n) is 7.85. The van der Waals surface area contributed by atoms with Crippen LogP contribution in [0, 0.1) is 6.92 Å². The molecule has 0 radical (unpaired) electrons. The second-order valence-electron chi connectivity index (χ2n) is 10.6. The number of likely N-dealkylation sites (tertiary alicyclic amines) is 2. The minimum absolute atomic E-state index is 0.0563. The van der Waals surface area contributed by atoms with Crippen LogP contribution in [0.2, 0.25) is 15.1 Å². The Bertz CT molecular complexity index is 1280. The highest BCUT2D eigenvalue weighted by molar-refractivity contribution is 6.35. The van der Waals surface area contributed by atoms with Crippen LogP contribution in [0.3, 0.4) is 0 Å². The predicted octanol–water partition coefficient (Wildman–Crippen LogP) is 6.82. The summed E-state index contributed by atoms with van der Waals surface area (Å²) >= 11 is 18.9. The second-order valence-corrected chi connectivity index (χ2v) is 11.9. The summed E-state index contributed by atoms with van der Waals surface area (Å²) in [5, 5.41) is 6.30. The van der Waals surface area contributed by atoms with Gasteiger partial charge in [0, 0.05) is 47.3 Å². The highest BCUT2D eigenvalue weighted by Crippen LogP contribution is 2.37. The van der Waals surface area contributed by atoms with Crippen molar-refractivity contribution < 1.29 is 9.53 Å². The predicted molar refractivity (Wildman–Crippen MR) is 157 cm³/mol. The molecule has 208 valence electrons. The lowest BCUT2D eigenvalue weighted by molar-refractivity contribution is -0.136. The molecule has 1 aromatic heterocycles. The number of nitrogens with zero attached hydrogens (tertiary/aromatic N) is 4. The molecule has 0 spiro atoms. The molecule has 0 unspecified atom stereocenters. The molecular weight excluding hydrogens is 555 g/mol. The summed E-state index contributed by atoms with van der Waals surface area (Å²) in [6.07, 6.45) is 8.41. The van der Waals surface area contributed by atoms with Gasteiger partial charge in [0.05, 0.1) is 6.20 Å². The van der Waals surface area contributed by atoms with Crippen molar-refractivity contribution in [1.82, 2.24) is 19.6 Å². The Morgan fingerprint density at radius 2 is 1.74 bits per heavy atom. The van der Waals surface area contributed by atoms with Crippen LogP contribution in [0.4, 0.5) is 0 Å². The van der Waals surface area contributed by atoms with E-state index in [9.17, 15) is 4.79 Å². The van der Waals surface area contributed by atoms with E-state index in [2.05, 4.69) is 16.1 Å². The van der Waals surface area contributed by atoms with E-state index in [4.69, 9.17) is 39.5 Å². The molecule has 9 heteroatoms. The van der Waals surface area contributed by atoms with Gasteiger partial charge < -0.3 is 9.64 Å². The monoisotopic (exact) mass is 588 g/mol. The molecule has 0 N–H and O–H groups in total. The lowest BCUT2D eigenvalue weighted by Gasteiger charge is -2.35. The normalized spacial score (nSPS) is 17.5. The third-order valence-corrected chi connectivity index (χ3v) is 8.67. The maximum atomic E-state index is 13.9. The van der Waals surface area contributed by atoms with Gasteiger partial charge in [-0.25, -0.2) is 0 Å². The summed E-state index contributed by atoms with van der Waals surface area (Å²) in [5.41, 5.74) is 3.06. The van der Waals surface area contributed by atoms with Gasteiger partial charge >= 0.3 is 0 Å². The standard InChI is InChI=1S/C30H35Cl3N4O2/c1-21-19-34-37(20-21)28(16-23-4-5-24(31)17-27(23)33)30(38)36-12-8-22(9-13-36)26-7-6-25(32)18-29(26)39-15-14-35-10-2-3-11-35/h4-7,17-20,22,28H,2-3,8-16H2,1H3/t28-/m0/s1. The Balaban J connectivity index is 1.26. The zero-order valence-electron chi connectivity index (χ0n) is 22.3. The number of carbonyl (C=O) groups is 1. The van der Waals surface area contributed by atoms with Crippen LogP contribution in [0.25, 0.3) is 0 Å². The molecule has 2 aliphatic rings. The number of aryl methyl sites for hydroxylation is 1. The Kier molecular flexibility index (Phi) is 9.39. The summed E-state index contributed by atoms with van der Waals surface area (Å²) in [5.74, 6) is 1.23. The van der Waals surface area contributed by atoms with Gasteiger partial charge in [-0.1, -0.05) is 46.9 Å². The quantitative estimate of drug-likeness (QED) is 0.275. The molecule has 3 heterocycles. The van der Waals surface area contributed by atoms with Gasteiger partial charge in [0.2, 0.25) is 5.91 Å². The van der Waals surface area contributed by atoms with Gasteiger partial charge in [-0.3, -0.25) is 14.4 Å². The summed E-state index contributed by atoms with van der Waals surface area (Å²) in [6.45, 7) is 7.22. The van der Waals surface area contributed by atoms with Crippen LogP contribution in [-0.2, 0) is 11.2 Å². The number of piperidine rings is 1. The number of ether oxygens (including phenoxy) is 1. The van der Waals surface area contributed by atoms with Crippen molar-refractivity contribution in [3.63, 3.8) is 0 Å². The topological polar surface area (TPSA) is 50.6 Å². The Morgan fingerprint density at radius 3 is 2.44 bits per heavy atom. The van der Waals surface area contributed by atoms with Gasteiger partial charge in [-0.15, -0.1) is 0 Å².